The molecule has 0 spiro atoms. The van der Waals surface area contributed by atoms with Gasteiger partial charge >= 0.3 is 0 Å². The Kier molecular flexibility index (Phi) is 6.62. The van der Waals surface area contributed by atoms with Crippen LogP contribution in [0.2, 0.25) is 0 Å². The molecule has 28 heavy (non-hydrogen) atoms. The normalized spacial score (nSPS) is 20.4. The van der Waals surface area contributed by atoms with E-state index in [0.717, 1.165) is 36.8 Å². The lowest BCUT2D eigenvalue weighted by Crippen LogP contribution is -2.25. The second-order valence-corrected chi connectivity index (χ2v) is 8.80. The van der Waals surface area contributed by atoms with E-state index < -0.39 is 16.2 Å². The molecular formula is C22H28O5S. The summed E-state index contributed by atoms with van der Waals surface area (Å²) in [6, 6.07) is 12.5. The van der Waals surface area contributed by atoms with Crippen molar-refractivity contribution in [3.8, 4) is 11.5 Å². The van der Waals surface area contributed by atoms with Crippen LogP contribution in [0.1, 0.15) is 49.1 Å². The minimum absolute atomic E-state index is 0.0761. The largest absolute Gasteiger partial charge is 0.493 e. The maximum absolute atomic E-state index is 12.9. The zero-order chi connectivity index (χ0) is 20.1. The minimum Gasteiger partial charge on any atom is -0.493 e. The summed E-state index contributed by atoms with van der Waals surface area (Å²) in [6.07, 6.45) is 4.13. The van der Waals surface area contributed by atoms with Crippen molar-refractivity contribution in [1.82, 2.24) is 0 Å². The molecule has 1 aliphatic carbocycles. The van der Waals surface area contributed by atoms with Gasteiger partial charge in [0.05, 0.1) is 25.2 Å². The second kappa shape index (κ2) is 8.97. The fourth-order valence-corrected chi connectivity index (χ4v) is 5.01. The molecule has 0 amide bonds. The van der Waals surface area contributed by atoms with E-state index >= 15 is 0 Å². The average molecular weight is 405 g/mol. The summed E-state index contributed by atoms with van der Waals surface area (Å²) in [5.41, 5.74) is 1.94. The molecule has 3 rings (SSSR count). The molecule has 152 valence electrons. The number of hydrogen-bond donors (Lipinski definition) is 0. The molecule has 1 saturated carbocycles. The number of aryl methyl sites for hydroxylation is 1. The van der Waals surface area contributed by atoms with Gasteiger partial charge in [-0.15, -0.1) is 0 Å². The summed E-state index contributed by atoms with van der Waals surface area (Å²) >= 11 is 0. The van der Waals surface area contributed by atoms with Gasteiger partial charge in [-0.2, -0.15) is 8.42 Å². The number of rotatable bonds is 6. The summed E-state index contributed by atoms with van der Waals surface area (Å²) in [5.74, 6) is 1.22. The van der Waals surface area contributed by atoms with Crippen molar-refractivity contribution in [2.24, 2.45) is 0 Å². The molecule has 0 bridgehead atoms. The SMILES string of the molecule is COc1cccc([C@@H]2CCCCC[C@@H]2OS(=O)(=O)c2ccc(C)cc2)c1OC. The van der Waals surface area contributed by atoms with Crippen LogP contribution in [0.15, 0.2) is 47.4 Å². The summed E-state index contributed by atoms with van der Waals surface area (Å²) < 4.78 is 42.6. The molecule has 2 aromatic carbocycles. The van der Waals surface area contributed by atoms with Gasteiger partial charge in [0, 0.05) is 11.5 Å². The number of hydrogen-bond acceptors (Lipinski definition) is 5. The number of benzene rings is 2. The highest BCUT2D eigenvalue weighted by Gasteiger charge is 2.33. The Morgan fingerprint density at radius 3 is 2.29 bits per heavy atom. The van der Waals surface area contributed by atoms with Gasteiger partial charge in [-0.05, 0) is 38.0 Å². The third-order valence-electron chi connectivity index (χ3n) is 5.35. The first kappa shape index (κ1) is 20.7. The van der Waals surface area contributed by atoms with E-state index in [0.29, 0.717) is 17.9 Å². The molecule has 5 nitrogen and oxygen atoms in total. The lowest BCUT2D eigenvalue weighted by atomic mass is 9.88. The number of methoxy groups -OCH3 is 2. The number of ether oxygens (including phenoxy) is 2. The maximum Gasteiger partial charge on any atom is 0.297 e. The van der Waals surface area contributed by atoms with E-state index in [1.807, 2.05) is 25.1 Å². The molecule has 1 aliphatic rings. The van der Waals surface area contributed by atoms with Gasteiger partial charge in [-0.1, -0.05) is 49.1 Å². The van der Waals surface area contributed by atoms with Crippen LogP contribution < -0.4 is 9.47 Å². The summed E-state index contributed by atoms with van der Waals surface area (Å²) in [6.45, 7) is 1.92. The van der Waals surface area contributed by atoms with Crippen molar-refractivity contribution < 1.29 is 22.1 Å². The lowest BCUT2D eigenvalue weighted by Gasteiger charge is -2.27. The van der Waals surface area contributed by atoms with Crippen LogP contribution in [0, 0.1) is 6.92 Å². The molecule has 0 heterocycles. The molecule has 2 atom stereocenters. The monoisotopic (exact) mass is 404 g/mol. The predicted molar refractivity (Wildman–Crippen MR) is 109 cm³/mol. The fraction of sp³-hybridized carbons (Fsp3) is 0.455. The first-order valence-corrected chi connectivity index (χ1v) is 11.1. The van der Waals surface area contributed by atoms with Gasteiger partial charge in [0.2, 0.25) is 0 Å². The molecule has 6 heteroatoms. The standard InChI is InChI=1S/C22H28O5S/c1-16-12-14-17(15-13-16)28(23,24)27-20-10-6-4-5-8-18(20)19-9-7-11-21(25-2)22(19)26-3/h7,9,11-15,18,20H,4-6,8,10H2,1-3H3/t18-,20-/m0/s1. The Balaban J connectivity index is 1.95. The van der Waals surface area contributed by atoms with Gasteiger partial charge in [-0.25, -0.2) is 0 Å². The summed E-state index contributed by atoms with van der Waals surface area (Å²) in [7, 11) is -0.631. The van der Waals surface area contributed by atoms with Crippen molar-refractivity contribution in [2.45, 2.75) is 55.9 Å². The van der Waals surface area contributed by atoms with Crippen LogP contribution in [-0.4, -0.2) is 28.7 Å². The van der Waals surface area contributed by atoms with Crippen molar-refractivity contribution in [3.63, 3.8) is 0 Å². The van der Waals surface area contributed by atoms with E-state index in [4.69, 9.17) is 13.7 Å². The zero-order valence-corrected chi connectivity index (χ0v) is 17.5. The Labute approximate surface area is 167 Å². The maximum atomic E-state index is 12.9. The molecule has 0 aliphatic heterocycles. The Hall–Kier alpha value is -2.05. The highest BCUT2D eigenvalue weighted by Crippen LogP contribution is 2.43. The van der Waals surface area contributed by atoms with E-state index in [2.05, 4.69) is 0 Å². The van der Waals surface area contributed by atoms with Crippen LogP contribution in [-0.2, 0) is 14.3 Å². The molecule has 1 fully saturated rings. The number of para-hydroxylation sites is 1. The molecule has 2 aromatic rings. The summed E-state index contributed by atoms with van der Waals surface area (Å²) in [4.78, 5) is 0.193. The minimum atomic E-state index is -3.84. The first-order chi connectivity index (χ1) is 13.5. The van der Waals surface area contributed by atoms with Gasteiger partial charge in [0.15, 0.2) is 11.5 Å². The summed E-state index contributed by atoms with van der Waals surface area (Å²) in [5, 5.41) is 0. The van der Waals surface area contributed by atoms with Crippen LogP contribution in [0.5, 0.6) is 11.5 Å². The first-order valence-electron chi connectivity index (χ1n) is 9.67. The van der Waals surface area contributed by atoms with E-state index in [9.17, 15) is 8.42 Å². The van der Waals surface area contributed by atoms with Crippen molar-refractivity contribution in [2.75, 3.05) is 14.2 Å². The Morgan fingerprint density at radius 1 is 0.893 bits per heavy atom. The van der Waals surface area contributed by atoms with Gasteiger partial charge < -0.3 is 9.47 Å². The van der Waals surface area contributed by atoms with Crippen LogP contribution in [0.3, 0.4) is 0 Å². The van der Waals surface area contributed by atoms with Crippen molar-refractivity contribution >= 4 is 10.1 Å². The topological polar surface area (TPSA) is 61.8 Å². The van der Waals surface area contributed by atoms with Crippen LogP contribution >= 0.6 is 0 Å². The molecular weight excluding hydrogens is 376 g/mol. The van der Waals surface area contributed by atoms with Crippen molar-refractivity contribution in [1.29, 1.82) is 0 Å². The molecule has 0 radical (unpaired) electrons. The second-order valence-electron chi connectivity index (χ2n) is 7.23. The van der Waals surface area contributed by atoms with Gasteiger partial charge in [-0.3, -0.25) is 4.18 Å². The predicted octanol–water partition coefficient (Wildman–Crippen LogP) is 4.83. The van der Waals surface area contributed by atoms with Crippen molar-refractivity contribution in [3.05, 3.63) is 53.6 Å². The Bertz CT molecular complexity index is 890. The van der Waals surface area contributed by atoms with Gasteiger partial charge in [0.25, 0.3) is 10.1 Å². The lowest BCUT2D eigenvalue weighted by molar-refractivity contribution is 0.166. The zero-order valence-electron chi connectivity index (χ0n) is 16.7. The van der Waals surface area contributed by atoms with Crippen LogP contribution in [0.4, 0.5) is 0 Å². The average Bonchev–Trinajstić information content (AvgIpc) is 2.92. The quantitative estimate of drug-likeness (QED) is 0.509. The highest BCUT2D eigenvalue weighted by molar-refractivity contribution is 7.86. The van der Waals surface area contributed by atoms with Crippen LogP contribution in [0.25, 0.3) is 0 Å². The Morgan fingerprint density at radius 2 is 1.61 bits per heavy atom. The highest BCUT2D eigenvalue weighted by atomic mass is 32.2. The third-order valence-corrected chi connectivity index (χ3v) is 6.70. The molecule has 0 saturated heterocycles. The fourth-order valence-electron chi connectivity index (χ4n) is 3.87. The van der Waals surface area contributed by atoms with E-state index in [1.165, 1.54) is 0 Å². The van der Waals surface area contributed by atoms with E-state index in [1.54, 1.807) is 38.5 Å². The smallest absolute Gasteiger partial charge is 0.297 e. The molecule has 0 aromatic heterocycles. The third kappa shape index (κ3) is 4.50. The van der Waals surface area contributed by atoms with E-state index in [-0.39, 0.29) is 10.8 Å². The van der Waals surface area contributed by atoms with Gasteiger partial charge in [0.1, 0.15) is 0 Å². The molecule has 0 N–H and O–H groups in total. The molecule has 0 unspecified atom stereocenters.